The van der Waals surface area contributed by atoms with Gasteiger partial charge in [-0.15, -0.1) is 0 Å². The molecule has 0 aromatic carbocycles. The topological polar surface area (TPSA) is 78.9 Å². The van der Waals surface area contributed by atoms with Crippen LogP contribution in [-0.4, -0.2) is 37.2 Å². The van der Waals surface area contributed by atoms with Crippen molar-refractivity contribution in [3.05, 3.63) is 24.3 Å². The van der Waals surface area contributed by atoms with E-state index in [0.29, 0.717) is 19.3 Å². The van der Waals surface area contributed by atoms with E-state index in [0.717, 1.165) is 77.0 Å². The van der Waals surface area contributed by atoms with E-state index in [1.807, 2.05) is 0 Å². The summed E-state index contributed by atoms with van der Waals surface area (Å²) in [5.41, 5.74) is 0. The van der Waals surface area contributed by atoms with Gasteiger partial charge in [-0.05, 0) is 51.4 Å². The van der Waals surface area contributed by atoms with Crippen molar-refractivity contribution in [3.8, 4) is 0 Å². The lowest BCUT2D eigenvalue weighted by molar-refractivity contribution is -0.167. The van der Waals surface area contributed by atoms with Gasteiger partial charge >= 0.3 is 17.9 Å². The molecule has 70 heavy (non-hydrogen) atoms. The van der Waals surface area contributed by atoms with Gasteiger partial charge in [-0.25, -0.2) is 0 Å². The monoisotopic (exact) mass is 985 g/mol. The van der Waals surface area contributed by atoms with Crippen LogP contribution in [0.25, 0.3) is 0 Å². The number of hydrogen-bond donors (Lipinski definition) is 0. The Morgan fingerprint density at radius 1 is 0.286 bits per heavy atom. The second-order valence-electron chi connectivity index (χ2n) is 21.3. The predicted molar refractivity (Wildman–Crippen MR) is 303 cm³/mol. The molecule has 0 aliphatic rings. The number of carbonyl (C=O) groups is 3. The van der Waals surface area contributed by atoms with E-state index >= 15 is 0 Å². The van der Waals surface area contributed by atoms with Gasteiger partial charge in [-0.1, -0.05) is 302 Å². The Morgan fingerprint density at radius 3 is 0.814 bits per heavy atom. The van der Waals surface area contributed by atoms with E-state index in [1.54, 1.807) is 0 Å². The molecule has 0 aromatic rings. The van der Waals surface area contributed by atoms with Gasteiger partial charge in [0.2, 0.25) is 0 Å². The van der Waals surface area contributed by atoms with E-state index < -0.39 is 6.10 Å². The first-order chi connectivity index (χ1) is 34.5. The maximum atomic E-state index is 12.9. The molecule has 0 unspecified atom stereocenters. The fourth-order valence-corrected chi connectivity index (χ4v) is 9.48. The Hall–Kier alpha value is -2.11. The molecule has 0 saturated carbocycles. The molecule has 0 radical (unpaired) electrons. The van der Waals surface area contributed by atoms with Crippen molar-refractivity contribution in [2.75, 3.05) is 13.2 Å². The van der Waals surface area contributed by atoms with Crippen LogP contribution in [0.3, 0.4) is 0 Å². The minimum absolute atomic E-state index is 0.0696. The van der Waals surface area contributed by atoms with E-state index in [-0.39, 0.29) is 31.1 Å². The number of unbranched alkanes of at least 4 members (excludes halogenated alkanes) is 43. The number of esters is 3. The highest BCUT2D eigenvalue weighted by Crippen LogP contribution is 2.18. The molecule has 6 nitrogen and oxygen atoms in total. The Balaban J connectivity index is 4.31. The molecule has 0 aliphatic heterocycles. The normalized spacial score (nSPS) is 12.1. The maximum Gasteiger partial charge on any atom is 0.306 e. The van der Waals surface area contributed by atoms with E-state index in [4.69, 9.17) is 14.2 Å². The van der Waals surface area contributed by atoms with Crippen LogP contribution in [0.5, 0.6) is 0 Å². The van der Waals surface area contributed by atoms with Gasteiger partial charge < -0.3 is 14.2 Å². The fourth-order valence-electron chi connectivity index (χ4n) is 9.48. The molecule has 0 fully saturated rings. The van der Waals surface area contributed by atoms with Crippen molar-refractivity contribution in [1.29, 1.82) is 0 Å². The summed E-state index contributed by atoms with van der Waals surface area (Å²) in [5, 5.41) is 0. The summed E-state index contributed by atoms with van der Waals surface area (Å²) in [7, 11) is 0. The minimum Gasteiger partial charge on any atom is -0.462 e. The zero-order valence-electron chi connectivity index (χ0n) is 47.3. The molecule has 0 amide bonds. The van der Waals surface area contributed by atoms with Gasteiger partial charge in [0.05, 0.1) is 0 Å². The third kappa shape index (κ3) is 56.8. The standard InChI is InChI=1S/C64H120O6/c1-4-7-10-13-16-19-22-25-28-30-32-34-36-39-42-45-48-51-54-57-63(66)69-60-61(59-68-62(65)56-53-50-47-44-41-38-35-27-24-21-18-15-12-9-6-3)70-64(67)58-55-52-49-46-43-40-37-33-31-29-26-23-20-17-14-11-8-5-2/h18,21,27,35,61H,4-17,19-20,22-26,28-34,36-60H2,1-3H3/b21-18-,35-27-/t61-/m1/s1. The highest BCUT2D eigenvalue weighted by molar-refractivity contribution is 5.71. The van der Waals surface area contributed by atoms with Gasteiger partial charge in [-0.3, -0.25) is 14.4 Å². The van der Waals surface area contributed by atoms with Gasteiger partial charge in [0.25, 0.3) is 0 Å². The zero-order chi connectivity index (χ0) is 50.7. The van der Waals surface area contributed by atoms with Crippen molar-refractivity contribution in [3.63, 3.8) is 0 Å². The molecular formula is C64H120O6. The molecule has 0 rings (SSSR count). The first-order valence-corrected chi connectivity index (χ1v) is 31.3. The van der Waals surface area contributed by atoms with Crippen molar-refractivity contribution in [2.45, 2.75) is 354 Å². The highest BCUT2D eigenvalue weighted by Gasteiger charge is 2.19. The molecule has 0 spiro atoms. The van der Waals surface area contributed by atoms with E-state index in [1.165, 1.54) is 231 Å². The molecule has 0 saturated heterocycles. The van der Waals surface area contributed by atoms with Crippen molar-refractivity contribution in [1.82, 2.24) is 0 Å². The number of allylic oxidation sites excluding steroid dienone is 4. The van der Waals surface area contributed by atoms with Gasteiger partial charge in [-0.2, -0.15) is 0 Å². The zero-order valence-corrected chi connectivity index (χ0v) is 47.3. The largest absolute Gasteiger partial charge is 0.462 e. The quantitative estimate of drug-likeness (QED) is 0.0261. The van der Waals surface area contributed by atoms with Gasteiger partial charge in [0.1, 0.15) is 13.2 Å². The predicted octanol–water partition coefficient (Wildman–Crippen LogP) is 21.1. The molecule has 0 bridgehead atoms. The second-order valence-corrected chi connectivity index (χ2v) is 21.3. The minimum atomic E-state index is -0.773. The molecule has 0 N–H and O–H groups in total. The highest BCUT2D eigenvalue weighted by atomic mass is 16.6. The molecule has 0 heterocycles. The van der Waals surface area contributed by atoms with Gasteiger partial charge in [0, 0.05) is 19.3 Å². The summed E-state index contributed by atoms with van der Waals surface area (Å²) in [4.78, 5) is 38.3. The Morgan fingerprint density at radius 2 is 0.514 bits per heavy atom. The molecular weight excluding hydrogens is 865 g/mol. The van der Waals surface area contributed by atoms with Crippen LogP contribution < -0.4 is 0 Å². The van der Waals surface area contributed by atoms with Crippen LogP contribution in [0.2, 0.25) is 0 Å². The van der Waals surface area contributed by atoms with Crippen molar-refractivity contribution in [2.24, 2.45) is 0 Å². The van der Waals surface area contributed by atoms with Gasteiger partial charge in [0.15, 0.2) is 6.10 Å². The summed E-state index contributed by atoms with van der Waals surface area (Å²) in [6.45, 7) is 6.67. The number of carbonyl (C=O) groups excluding carboxylic acids is 3. The molecule has 0 aromatic heterocycles. The van der Waals surface area contributed by atoms with Crippen LogP contribution in [0.15, 0.2) is 24.3 Å². The lowest BCUT2D eigenvalue weighted by Gasteiger charge is -2.18. The summed E-state index contributed by atoms with van der Waals surface area (Å²) >= 11 is 0. The first kappa shape index (κ1) is 67.9. The van der Waals surface area contributed by atoms with E-state index in [2.05, 4.69) is 45.1 Å². The number of ether oxygens (including phenoxy) is 3. The Kier molecular flexibility index (Phi) is 57.7. The second kappa shape index (κ2) is 59.5. The maximum absolute atomic E-state index is 12.9. The first-order valence-electron chi connectivity index (χ1n) is 31.3. The average Bonchev–Trinajstić information content (AvgIpc) is 3.36. The number of rotatable bonds is 58. The lowest BCUT2D eigenvalue weighted by atomic mass is 10.0. The SMILES string of the molecule is CCCCC/C=C\C/C=C\CCCCCCCC(=O)OC[C@H](COC(=O)CCCCCCCCCCCCCCCCCCCCC)OC(=O)CCCCCCCCCCCCCCCCCCCC. The molecule has 0 aliphatic carbocycles. The Bertz CT molecular complexity index is 1130. The molecule has 412 valence electrons. The van der Waals surface area contributed by atoms with Crippen LogP contribution in [0.1, 0.15) is 348 Å². The van der Waals surface area contributed by atoms with Crippen molar-refractivity contribution >= 4 is 17.9 Å². The molecule has 1 atom stereocenters. The third-order valence-electron chi connectivity index (χ3n) is 14.2. The third-order valence-corrected chi connectivity index (χ3v) is 14.2. The van der Waals surface area contributed by atoms with Crippen LogP contribution in [0.4, 0.5) is 0 Å². The average molecular weight is 986 g/mol. The smallest absolute Gasteiger partial charge is 0.306 e. The van der Waals surface area contributed by atoms with Crippen LogP contribution >= 0.6 is 0 Å². The summed E-state index contributed by atoms with van der Waals surface area (Å²) in [5.74, 6) is -0.857. The fraction of sp³-hybridized carbons (Fsp3) is 0.891. The Labute approximate surface area is 436 Å². The lowest BCUT2D eigenvalue weighted by Crippen LogP contribution is -2.30. The van der Waals surface area contributed by atoms with Crippen LogP contribution in [-0.2, 0) is 28.6 Å². The van der Waals surface area contributed by atoms with E-state index in [9.17, 15) is 14.4 Å². The summed E-state index contributed by atoms with van der Waals surface area (Å²) in [6.07, 6.45) is 70.3. The van der Waals surface area contributed by atoms with Crippen LogP contribution in [0, 0.1) is 0 Å². The summed E-state index contributed by atoms with van der Waals surface area (Å²) in [6, 6.07) is 0. The molecule has 6 heteroatoms. The van der Waals surface area contributed by atoms with Crippen molar-refractivity contribution < 1.29 is 28.6 Å². The summed E-state index contributed by atoms with van der Waals surface area (Å²) < 4.78 is 16.9. The number of hydrogen-bond acceptors (Lipinski definition) is 6.